The molecule has 1 aromatic rings. The van der Waals surface area contributed by atoms with Crippen LogP contribution < -0.4 is 5.32 Å². The maximum Gasteiger partial charge on any atom is 0.237 e. The first-order chi connectivity index (χ1) is 9.99. The minimum atomic E-state index is -0.301. The predicted molar refractivity (Wildman–Crippen MR) is 95.5 cm³/mol. The molecule has 0 aliphatic carbocycles. The van der Waals surface area contributed by atoms with Crippen molar-refractivity contribution in [3.8, 4) is 0 Å². The molecule has 1 atom stereocenters. The lowest BCUT2D eigenvalue weighted by molar-refractivity contribution is -0.115. The molecule has 1 fully saturated rings. The van der Waals surface area contributed by atoms with Crippen LogP contribution in [0.5, 0.6) is 0 Å². The topological polar surface area (TPSA) is 32.3 Å². The van der Waals surface area contributed by atoms with Crippen LogP contribution in [0, 0.1) is 0 Å². The van der Waals surface area contributed by atoms with E-state index >= 15 is 0 Å². The van der Waals surface area contributed by atoms with Crippen molar-refractivity contribution in [3.63, 3.8) is 0 Å². The summed E-state index contributed by atoms with van der Waals surface area (Å²) in [4.78, 5) is 14.4. The molecule has 0 spiro atoms. The largest absolute Gasteiger partial charge is 0.358 e. The quantitative estimate of drug-likeness (QED) is 0.805. The van der Waals surface area contributed by atoms with Gasteiger partial charge in [-0.2, -0.15) is 0 Å². The molecular weight excluding hydrogens is 347 g/mol. The second-order valence-corrected chi connectivity index (χ2v) is 7.60. The van der Waals surface area contributed by atoms with Gasteiger partial charge in [0.2, 0.25) is 5.91 Å². The Kier molecular flexibility index (Phi) is 6.17. The zero-order chi connectivity index (χ0) is 15.4. The number of hydrogen-bond acceptors (Lipinski definition) is 3. The Morgan fingerprint density at radius 2 is 1.90 bits per heavy atom. The van der Waals surface area contributed by atoms with Gasteiger partial charge in [-0.15, -0.1) is 0 Å². The van der Waals surface area contributed by atoms with Gasteiger partial charge in [0.25, 0.3) is 0 Å². The van der Waals surface area contributed by atoms with E-state index in [1.807, 2.05) is 6.92 Å². The van der Waals surface area contributed by atoms with E-state index in [1.165, 1.54) is 11.8 Å². The number of nitrogens with zero attached hydrogens (tertiary/aromatic N) is 1. The van der Waals surface area contributed by atoms with Crippen molar-refractivity contribution in [2.24, 2.45) is 0 Å². The molecule has 0 bridgehead atoms. The van der Waals surface area contributed by atoms with Gasteiger partial charge >= 0.3 is 0 Å². The summed E-state index contributed by atoms with van der Waals surface area (Å²) in [6.07, 6.45) is 2.33. The molecule has 0 unspecified atom stereocenters. The Balaban J connectivity index is 1.94. The van der Waals surface area contributed by atoms with Crippen LogP contribution in [0.1, 0.15) is 19.8 Å². The van der Waals surface area contributed by atoms with E-state index < -0.39 is 0 Å². The van der Waals surface area contributed by atoms with Crippen molar-refractivity contribution >= 4 is 63.1 Å². The highest BCUT2D eigenvalue weighted by atomic mass is 35.5. The van der Waals surface area contributed by atoms with Gasteiger partial charge in [0.05, 0.1) is 21.0 Å². The zero-order valence-corrected chi connectivity index (χ0v) is 14.7. The first kappa shape index (κ1) is 16.9. The second-order valence-electron chi connectivity index (χ2n) is 4.81. The molecule has 1 aliphatic rings. The van der Waals surface area contributed by atoms with E-state index in [-0.39, 0.29) is 11.2 Å². The molecule has 1 N–H and O–H groups in total. The molecule has 0 aromatic heterocycles. The van der Waals surface area contributed by atoms with E-state index in [1.54, 1.807) is 18.2 Å². The van der Waals surface area contributed by atoms with Gasteiger partial charge in [0.15, 0.2) is 0 Å². The maximum atomic E-state index is 12.2. The normalized spacial score (nSPS) is 15.9. The summed E-state index contributed by atoms with van der Waals surface area (Å²) < 4.78 is 0.778. The summed E-state index contributed by atoms with van der Waals surface area (Å²) >= 11 is 18.9. The smallest absolute Gasteiger partial charge is 0.237 e. The number of amides is 1. The second kappa shape index (κ2) is 7.68. The van der Waals surface area contributed by atoms with Crippen molar-refractivity contribution in [2.75, 3.05) is 18.4 Å². The zero-order valence-electron chi connectivity index (χ0n) is 11.6. The molecule has 1 saturated heterocycles. The predicted octanol–water partition coefficient (Wildman–Crippen LogP) is 4.43. The van der Waals surface area contributed by atoms with Gasteiger partial charge in [-0.1, -0.05) is 53.2 Å². The minimum Gasteiger partial charge on any atom is -0.358 e. The van der Waals surface area contributed by atoms with E-state index in [2.05, 4.69) is 10.2 Å². The number of anilines is 1. The van der Waals surface area contributed by atoms with Crippen molar-refractivity contribution in [1.29, 1.82) is 0 Å². The average molecular weight is 363 g/mol. The number of hydrogen-bond donors (Lipinski definition) is 1. The highest BCUT2D eigenvalue weighted by Gasteiger charge is 2.22. The third kappa shape index (κ3) is 4.49. The fourth-order valence-electron chi connectivity index (χ4n) is 2.02. The molecule has 2 rings (SSSR count). The SMILES string of the molecule is C[C@@H](SC(=S)N1CCCC1)C(=O)Nc1c(Cl)cccc1Cl. The number of likely N-dealkylation sites (tertiary alicyclic amines) is 1. The molecule has 7 heteroatoms. The summed E-state index contributed by atoms with van der Waals surface area (Å²) in [5, 5.41) is 3.32. The van der Waals surface area contributed by atoms with Crippen LogP contribution >= 0.6 is 47.2 Å². The number of thiocarbonyl (C=S) groups is 1. The Morgan fingerprint density at radius 1 is 1.33 bits per heavy atom. The summed E-state index contributed by atoms with van der Waals surface area (Å²) in [5.41, 5.74) is 0.449. The number of thioether (sulfide) groups is 1. The molecule has 3 nitrogen and oxygen atoms in total. The molecule has 114 valence electrons. The number of carbonyl (C=O) groups is 1. The number of halogens is 2. The first-order valence-electron chi connectivity index (χ1n) is 6.69. The molecule has 1 aromatic carbocycles. The van der Waals surface area contributed by atoms with Crippen LogP contribution in [0.25, 0.3) is 0 Å². The van der Waals surface area contributed by atoms with Crippen molar-refractivity contribution in [2.45, 2.75) is 25.0 Å². The van der Waals surface area contributed by atoms with E-state index in [9.17, 15) is 4.79 Å². The maximum absolute atomic E-state index is 12.2. The third-order valence-corrected chi connectivity index (χ3v) is 5.43. The van der Waals surface area contributed by atoms with Crippen LogP contribution in [-0.2, 0) is 4.79 Å². The van der Waals surface area contributed by atoms with Gasteiger partial charge in [-0.25, -0.2) is 0 Å². The number of carbonyl (C=O) groups excluding carboxylic acids is 1. The van der Waals surface area contributed by atoms with Crippen LogP contribution in [0.2, 0.25) is 10.0 Å². The highest BCUT2D eigenvalue weighted by molar-refractivity contribution is 8.23. The number of nitrogens with one attached hydrogen (secondary N) is 1. The number of rotatable bonds is 3. The Hall–Kier alpha value is -0.490. The lowest BCUT2D eigenvalue weighted by Crippen LogP contribution is -2.29. The highest BCUT2D eigenvalue weighted by Crippen LogP contribution is 2.30. The van der Waals surface area contributed by atoms with Gasteiger partial charge in [-0.3, -0.25) is 4.79 Å². The van der Waals surface area contributed by atoms with Gasteiger partial charge in [0.1, 0.15) is 4.32 Å². The monoisotopic (exact) mass is 362 g/mol. The average Bonchev–Trinajstić information content (AvgIpc) is 2.97. The summed E-state index contributed by atoms with van der Waals surface area (Å²) in [5.74, 6) is -0.156. The number of benzene rings is 1. The lowest BCUT2D eigenvalue weighted by Gasteiger charge is -2.20. The third-order valence-electron chi connectivity index (χ3n) is 3.22. The number of para-hydroxylation sites is 1. The Morgan fingerprint density at radius 3 is 2.48 bits per heavy atom. The van der Waals surface area contributed by atoms with Gasteiger partial charge in [0, 0.05) is 13.1 Å². The molecule has 1 heterocycles. The van der Waals surface area contributed by atoms with Gasteiger partial charge < -0.3 is 10.2 Å². The van der Waals surface area contributed by atoms with E-state index in [0.29, 0.717) is 15.7 Å². The van der Waals surface area contributed by atoms with Crippen LogP contribution in [0.3, 0.4) is 0 Å². The van der Waals surface area contributed by atoms with Crippen molar-refractivity contribution < 1.29 is 4.79 Å². The van der Waals surface area contributed by atoms with Crippen LogP contribution in [0.4, 0.5) is 5.69 Å². The lowest BCUT2D eigenvalue weighted by atomic mass is 10.3. The summed E-state index contributed by atoms with van der Waals surface area (Å²) in [6.45, 7) is 3.79. The Bertz CT molecular complexity index is 528. The molecular formula is C14H16Cl2N2OS2. The molecule has 0 saturated carbocycles. The minimum absolute atomic E-state index is 0.156. The van der Waals surface area contributed by atoms with Crippen molar-refractivity contribution in [3.05, 3.63) is 28.2 Å². The fraction of sp³-hybridized carbons (Fsp3) is 0.429. The first-order valence-corrected chi connectivity index (χ1v) is 8.74. The molecule has 21 heavy (non-hydrogen) atoms. The molecule has 0 radical (unpaired) electrons. The fourth-order valence-corrected chi connectivity index (χ4v) is 3.93. The Labute approximate surface area is 144 Å². The van der Waals surface area contributed by atoms with E-state index in [0.717, 1.165) is 30.3 Å². The van der Waals surface area contributed by atoms with Crippen LogP contribution in [-0.4, -0.2) is 33.5 Å². The molecule has 1 aliphatic heterocycles. The van der Waals surface area contributed by atoms with E-state index in [4.69, 9.17) is 35.4 Å². The standard InChI is InChI=1S/C14H16Cl2N2OS2/c1-9(21-14(20)18-7-2-3-8-18)13(19)17-12-10(15)5-4-6-11(12)16/h4-6,9H,2-3,7-8H2,1H3,(H,17,19)/t9-/m1/s1. The summed E-state index contributed by atoms with van der Waals surface area (Å²) in [6, 6.07) is 5.12. The summed E-state index contributed by atoms with van der Waals surface area (Å²) in [7, 11) is 0. The van der Waals surface area contributed by atoms with Crippen LogP contribution in [0.15, 0.2) is 18.2 Å². The molecule has 1 amide bonds. The van der Waals surface area contributed by atoms with Gasteiger partial charge in [-0.05, 0) is 31.9 Å². The van der Waals surface area contributed by atoms with Crippen molar-refractivity contribution in [1.82, 2.24) is 4.90 Å².